The van der Waals surface area contributed by atoms with Gasteiger partial charge in [-0.2, -0.15) is 0 Å². The maximum atomic E-state index is 5.41. The molecule has 4 nitrogen and oxygen atoms in total. The summed E-state index contributed by atoms with van der Waals surface area (Å²) in [5, 5.41) is 3.26. The summed E-state index contributed by atoms with van der Waals surface area (Å²) in [5.41, 5.74) is 1.19. The molecule has 0 aliphatic carbocycles. The van der Waals surface area contributed by atoms with Gasteiger partial charge in [0.25, 0.3) is 0 Å². The number of benzene rings is 1. The molecule has 0 radical (unpaired) electrons. The Morgan fingerprint density at radius 3 is 2.44 bits per heavy atom. The predicted octanol–water partition coefficient (Wildman–Crippen LogP) is 1.96. The molecule has 0 aliphatic heterocycles. The van der Waals surface area contributed by atoms with Crippen LogP contribution in [0.5, 0.6) is 5.75 Å². The van der Waals surface area contributed by atoms with Crippen molar-refractivity contribution in [1.82, 2.24) is 5.32 Å². The number of rotatable bonds is 9. The molecule has 0 amide bonds. The quantitative estimate of drug-likeness (QED) is 0.538. The number of methoxy groups -OCH3 is 2. The van der Waals surface area contributed by atoms with Gasteiger partial charge in [0.2, 0.25) is 0 Å². The van der Waals surface area contributed by atoms with Gasteiger partial charge < -0.3 is 19.5 Å². The standard InChI is InChI=1S/C14H21NO3/c1-4-9-18-13-7-5-12(6-8-13)10-15-11-14(16-2)17-3/h4-8,14-15H,1,9-11H2,2-3H3. The van der Waals surface area contributed by atoms with Gasteiger partial charge in [0, 0.05) is 27.3 Å². The van der Waals surface area contributed by atoms with Crippen molar-refractivity contribution >= 4 is 0 Å². The van der Waals surface area contributed by atoms with E-state index in [0.29, 0.717) is 13.2 Å². The molecule has 0 spiro atoms. The molecular weight excluding hydrogens is 230 g/mol. The van der Waals surface area contributed by atoms with Gasteiger partial charge in [-0.25, -0.2) is 0 Å². The van der Waals surface area contributed by atoms with E-state index in [1.54, 1.807) is 20.3 Å². The van der Waals surface area contributed by atoms with Crippen LogP contribution < -0.4 is 10.1 Å². The highest BCUT2D eigenvalue weighted by Crippen LogP contribution is 2.11. The second-order valence-electron chi connectivity index (χ2n) is 3.78. The Morgan fingerprint density at radius 1 is 1.22 bits per heavy atom. The lowest BCUT2D eigenvalue weighted by atomic mass is 10.2. The average Bonchev–Trinajstić information content (AvgIpc) is 2.42. The predicted molar refractivity (Wildman–Crippen MR) is 71.6 cm³/mol. The largest absolute Gasteiger partial charge is 0.490 e. The van der Waals surface area contributed by atoms with Crippen LogP contribution in [0.1, 0.15) is 5.56 Å². The summed E-state index contributed by atoms with van der Waals surface area (Å²) in [6.45, 7) is 5.56. The summed E-state index contributed by atoms with van der Waals surface area (Å²) in [4.78, 5) is 0. The number of nitrogens with one attached hydrogen (secondary N) is 1. The van der Waals surface area contributed by atoms with E-state index >= 15 is 0 Å². The molecule has 0 saturated carbocycles. The fourth-order valence-corrected chi connectivity index (χ4v) is 1.46. The van der Waals surface area contributed by atoms with E-state index in [-0.39, 0.29) is 6.29 Å². The van der Waals surface area contributed by atoms with Crippen LogP contribution in [0.25, 0.3) is 0 Å². The van der Waals surface area contributed by atoms with E-state index in [1.165, 1.54) is 5.56 Å². The van der Waals surface area contributed by atoms with Crippen molar-refractivity contribution < 1.29 is 14.2 Å². The summed E-state index contributed by atoms with van der Waals surface area (Å²) >= 11 is 0. The Morgan fingerprint density at radius 2 is 1.89 bits per heavy atom. The molecule has 0 atom stereocenters. The van der Waals surface area contributed by atoms with Crippen LogP contribution in [0.4, 0.5) is 0 Å². The number of hydrogen-bond donors (Lipinski definition) is 1. The minimum absolute atomic E-state index is 0.208. The lowest BCUT2D eigenvalue weighted by molar-refractivity contribution is -0.0989. The van der Waals surface area contributed by atoms with Crippen LogP contribution >= 0.6 is 0 Å². The van der Waals surface area contributed by atoms with Crippen LogP contribution in [0.3, 0.4) is 0 Å². The summed E-state index contributed by atoms with van der Waals surface area (Å²) in [6, 6.07) is 7.95. The first kappa shape index (κ1) is 14.7. The highest BCUT2D eigenvalue weighted by atomic mass is 16.7. The van der Waals surface area contributed by atoms with E-state index in [0.717, 1.165) is 12.3 Å². The van der Waals surface area contributed by atoms with Crippen molar-refractivity contribution in [2.24, 2.45) is 0 Å². The maximum absolute atomic E-state index is 5.41. The van der Waals surface area contributed by atoms with Gasteiger partial charge in [-0.15, -0.1) is 0 Å². The van der Waals surface area contributed by atoms with Crippen LogP contribution in [-0.4, -0.2) is 33.7 Å². The first-order valence-corrected chi connectivity index (χ1v) is 5.89. The summed E-state index contributed by atoms with van der Waals surface area (Å²) < 4.78 is 15.6. The first-order valence-electron chi connectivity index (χ1n) is 5.89. The maximum Gasteiger partial charge on any atom is 0.169 e. The molecule has 0 aliphatic rings. The number of hydrogen-bond acceptors (Lipinski definition) is 4. The van der Waals surface area contributed by atoms with Gasteiger partial charge in [0.1, 0.15) is 12.4 Å². The zero-order valence-corrected chi connectivity index (χ0v) is 11.0. The van der Waals surface area contributed by atoms with E-state index in [9.17, 15) is 0 Å². The molecule has 0 aromatic heterocycles. The molecule has 0 heterocycles. The van der Waals surface area contributed by atoms with Crippen molar-refractivity contribution in [3.05, 3.63) is 42.5 Å². The second kappa shape index (κ2) is 8.69. The molecule has 0 bridgehead atoms. The summed E-state index contributed by atoms with van der Waals surface area (Å²) in [5.74, 6) is 0.852. The second-order valence-corrected chi connectivity index (χ2v) is 3.78. The summed E-state index contributed by atoms with van der Waals surface area (Å²) in [7, 11) is 3.25. The van der Waals surface area contributed by atoms with Gasteiger partial charge in [-0.3, -0.25) is 0 Å². The Labute approximate surface area is 109 Å². The third kappa shape index (κ3) is 5.31. The normalized spacial score (nSPS) is 10.6. The van der Waals surface area contributed by atoms with Crippen molar-refractivity contribution in [3.63, 3.8) is 0 Å². The average molecular weight is 251 g/mol. The Bertz CT molecular complexity index is 333. The van der Waals surface area contributed by atoms with Crippen molar-refractivity contribution in [2.45, 2.75) is 12.8 Å². The van der Waals surface area contributed by atoms with Crippen molar-refractivity contribution in [2.75, 3.05) is 27.4 Å². The lowest BCUT2D eigenvalue weighted by Crippen LogP contribution is -2.29. The lowest BCUT2D eigenvalue weighted by Gasteiger charge is -2.14. The van der Waals surface area contributed by atoms with Gasteiger partial charge in [-0.1, -0.05) is 24.8 Å². The van der Waals surface area contributed by atoms with Crippen LogP contribution in [0.2, 0.25) is 0 Å². The molecule has 1 aromatic carbocycles. The van der Waals surface area contributed by atoms with Crippen LogP contribution in [-0.2, 0) is 16.0 Å². The molecule has 100 valence electrons. The topological polar surface area (TPSA) is 39.7 Å². The first-order chi connectivity index (χ1) is 8.80. The molecule has 0 fully saturated rings. The van der Waals surface area contributed by atoms with E-state index in [4.69, 9.17) is 14.2 Å². The SMILES string of the molecule is C=CCOc1ccc(CNCC(OC)OC)cc1. The van der Waals surface area contributed by atoms with Crippen molar-refractivity contribution in [1.29, 1.82) is 0 Å². The van der Waals surface area contributed by atoms with Crippen LogP contribution in [0.15, 0.2) is 36.9 Å². The highest BCUT2D eigenvalue weighted by Gasteiger charge is 2.03. The van der Waals surface area contributed by atoms with E-state index in [1.807, 2.05) is 24.3 Å². The minimum atomic E-state index is -0.208. The van der Waals surface area contributed by atoms with E-state index < -0.39 is 0 Å². The molecule has 0 saturated heterocycles. The van der Waals surface area contributed by atoms with Gasteiger partial charge >= 0.3 is 0 Å². The van der Waals surface area contributed by atoms with E-state index in [2.05, 4.69) is 11.9 Å². The monoisotopic (exact) mass is 251 g/mol. The smallest absolute Gasteiger partial charge is 0.169 e. The minimum Gasteiger partial charge on any atom is -0.490 e. The van der Waals surface area contributed by atoms with Crippen molar-refractivity contribution in [3.8, 4) is 5.75 Å². The zero-order valence-electron chi connectivity index (χ0n) is 11.0. The molecular formula is C14H21NO3. The fourth-order valence-electron chi connectivity index (χ4n) is 1.46. The van der Waals surface area contributed by atoms with Gasteiger partial charge in [-0.05, 0) is 17.7 Å². The van der Waals surface area contributed by atoms with Gasteiger partial charge in [0.15, 0.2) is 6.29 Å². The molecule has 0 unspecified atom stereocenters. The third-order valence-electron chi connectivity index (χ3n) is 2.46. The molecule has 4 heteroatoms. The summed E-state index contributed by atoms with van der Waals surface area (Å²) in [6.07, 6.45) is 1.52. The highest BCUT2D eigenvalue weighted by molar-refractivity contribution is 5.27. The molecule has 1 N–H and O–H groups in total. The molecule has 1 aromatic rings. The Balaban J connectivity index is 2.32. The third-order valence-corrected chi connectivity index (χ3v) is 2.46. The Hall–Kier alpha value is -1.36. The zero-order chi connectivity index (χ0) is 13.2. The fraction of sp³-hybridized carbons (Fsp3) is 0.429. The molecule has 1 rings (SSSR count). The van der Waals surface area contributed by atoms with Gasteiger partial charge in [0.05, 0.1) is 0 Å². The molecule has 18 heavy (non-hydrogen) atoms. The van der Waals surface area contributed by atoms with Crippen LogP contribution in [0, 0.1) is 0 Å². The number of ether oxygens (including phenoxy) is 3. The Kier molecular flexibility index (Phi) is 7.10.